The van der Waals surface area contributed by atoms with Crippen LogP contribution in [0, 0.1) is 0 Å². The molecule has 1 aliphatic heterocycles. The molecule has 1 N–H and O–H groups in total. The maximum Gasteiger partial charge on any atom is 0.169 e. The van der Waals surface area contributed by atoms with E-state index in [1.54, 1.807) is 0 Å². The summed E-state index contributed by atoms with van der Waals surface area (Å²) >= 11 is 0. The van der Waals surface area contributed by atoms with Gasteiger partial charge in [-0.15, -0.1) is 0 Å². The lowest BCUT2D eigenvalue weighted by atomic mass is 9.93. The number of hydrogen-bond acceptors (Lipinski definition) is 3. The number of rotatable bonds is 4. The number of aliphatic imine (C=N–C) groups is 2. The third kappa shape index (κ3) is 4.70. The highest BCUT2D eigenvalue weighted by Gasteiger charge is 2.22. The predicted octanol–water partition coefficient (Wildman–Crippen LogP) is 10.5. The van der Waals surface area contributed by atoms with Crippen molar-refractivity contribution in [1.29, 1.82) is 0 Å². The second-order valence-electron chi connectivity index (χ2n) is 11.9. The number of fused-ring (bicyclic) bond motifs is 4. The molecule has 1 heterocycles. The lowest BCUT2D eigenvalue weighted by Crippen LogP contribution is -2.36. The fraction of sp³-hybridized carbons (Fsp3) is 0.0233. The third-order valence-electron chi connectivity index (χ3n) is 9.03. The molecule has 0 aromatic heterocycles. The molecule has 0 saturated carbocycles. The SMILES string of the molecule is c1ccc2cc(C3=NC(c4ccc5ccccc5c4)N=C(c4cc(-c5ccc6ccccc6c5)c5ccccc5c4)N3)ccc2c1. The minimum Gasteiger partial charge on any atom is -0.324 e. The minimum absolute atomic E-state index is 0.391. The Morgan fingerprint density at radius 1 is 0.370 bits per heavy atom. The van der Waals surface area contributed by atoms with Crippen LogP contribution in [0.15, 0.2) is 174 Å². The molecular weight excluding hydrogens is 558 g/mol. The maximum atomic E-state index is 5.28. The summed E-state index contributed by atoms with van der Waals surface area (Å²) in [4.78, 5) is 10.5. The van der Waals surface area contributed by atoms with Gasteiger partial charge in [0, 0.05) is 11.1 Å². The number of hydrogen-bond donors (Lipinski definition) is 1. The summed E-state index contributed by atoms with van der Waals surface area (Å²) in [6.07, 6.45) is -0.391. The van der Waals surface area contributed by atoms with Crippen LogP contribution in [-0.4, -0.2) is 11.7 Å². The van der Waals surface area contributed by atoms with Crippen LogP contribution in [0.25, 0.3) is 54.2 Å². The van der Waals surface area contributed by atoms with Gasteiger partial charge in [0.15, 0.2) is 6.17 Å². The predicted molar refractivity (Wildman–Crippen MR) is 194 cm³/mol. The van der Waals surface area contributed by atoms with E-state index in [1.807, 2.05) is 0 Å². The van der Waals surface area contributed by atoms with Crippen molar-refractivity contribution in [2.24, 2.45) is 9.98 Å². The van der Waals surface area contributed by atoms with Crippen LogP contribution < -0.4 is 5.32 Å². The van der Waals surface area contributed by atoms with E-state index < -0.39 is 6.17 Å². The minimum atomic E-state index is -0.391. The smallest absolute Gasteiger partial charge is 0.169 e. The van der Waals surface area contributed by atoms with Gasteiger partial charge in [-0.1, -0.05) is 133 Å². The summed E-state index contributed by atoms with van der Waals surface area (Å²) in [6, 6.07) is 58.3. The summed E-state index contributed by atoms with van der Waals surface area (Å²) in [5, 5.41) is 13.3. The molecule has 1 atom stereocenters. The second-order valence-corrected chi connectivity index (χ2v) is 11.9. The maximum absolute atomic E-state index is 5.28. The van der Waals surface area contributed by atoms with E-state index in [9.17, 15) is 0 Å². The van der Waals surface area contributed by atoms with Crippen molar-refractivity contribution in [2.75, 3.05) is 0 Å². The van der Waals surface area contributed by atoms with Crippen LogP contribution in [0.1, 0.15) is 22.9 Å². The topological polar surface area (TPSA) is 36.8 Å². The van der Waals surface area contributed by atoms with Gasteiger partial charge in [0.1, 0.15) is 11.7 Å². The van der Waals surface area contributed by atoms with Crippen molar-refractivity contribution in [3.8, 4) is 11.1 Å². The molecule has 0 aliphatic carbocycles. The van der Waals surface area contributed by atoms with Crippen LogP contribution >= 0.6 is 0 Å². The lowest BCUT2D eigenvalue weighted by molar-refractivity contribution is 0.757. The molecule has 0 radical (unpaired) electrons. The van der Waals surface area contributed by atoms with Crippen LogP contribution in [-0.2, 0) is 0 Å². The molecular formula is C43H29N3. The molecule has 9 rings (SSSR count). The molecule has 1 aliphatic rings. The summed E-state index contributed by atoms with van der Waals surface area (Å²) in [5.74, 6) is 1.62. The van der Waals surface area contributed by atoms with Crippen molar-refractivity contribution in [3.63, 3.8) is 0 Å². The van der Waals surface area contributed by atoms with Gasteiger partial charge in [-0.05, 0) is 90.1 Å². The first-order valence-corrected chi connectivity index (χ1v) is 15.7. The molecule has 0 spiro atoms. The van der Waals surface area contributed by atoms with Gasteiger partial charge >= 0.3 is 0 Å². The number of benzene rings is 8. The van der Waals surface area contributed by atoms with E-state index in [0.717, 1.165) is 28.4 Å². The molecule has 3 nitrogen and oxygen atoms in total. The summed E-state index contributed by atoms with van der Waals surface area (Å²) in [6.45, 7) is 0. The standard InChI is InChI=1S/C43H29N3/c1-4-12-31-23-35(20-17-28(31)9-1)40-27-38(26-34-15-7-8-16-39(34)40)43-45-41(36-21-18-29-10-2-5-13-32(29)24-36)44-42(46-43)37-22-19-30-11-3-6-14-33(30)25-37/h1-27,41H,(H,44,45,46). The molecule has 1 unspecified atom stereocenters. The zero-order chi connectivity index (χ0) is 30.5. The summed E-state index contributed by atoms with van der Waals surface area (Å²) in [5.41, 5.74) is 5.49. The van der Waals surface area contributed by atoms with Crippen LogP contribution in [0.3, 0.4) is 0 Å². The van der Waals surface area contributed by atoms with Gasteiger partial charge < -0.3 is 5.32 Å². The molecule has 8 aromatic rings. The molecule has 0 fully saturated rings. The molecule has 3 heteroatoms. The third-order valence-corrected chi connectivity index (χ3v) is 9.03. The largest absolute Gasteiger partial charge is 0.324 e. The first kappa shape index (κ1) is 26.4. The molecule has 216 valence electrons. The first-order chi connectivity index (χ1) is 22.7. The van der Waals surface area contributed by atoms with Crippen molar-refractivity contribution in [2.45, 2.75) is 6.17 Å². The number of nitrogens with zero attached hydrogens (tertiary/aromatic N) is 2. The lowest BCUT2D eigenvalue weighted by Gasteiger charge is -2.23. The van der Waals surface area contributed by atoms with E-state index in [2.05, 4.69) is 169 Å². The van der Waals surface area contributed by atoms with Crippen molar-refractivity contribution in [1.82, 2.24) is 5.32 Å². The van der Waals surface area contributed by atoms with Crippen LogP contribution in [0.4, 0.5) is 0 Å². The molecule has 8 aromatic carbocycles. The Morgan fingerprint density at radius 2 is 0.848 bits per heavy atom. The Hall–Kier alpha value is -6.06. The van der Waals surface area contributed by atoms with E-state index in [0.29, 0.717) is 0 Å². The van der Waals surface area contributed by atoms with E-state index >= 15 is 0 Å². The molecule has 46 heavy (non-hydrogen) atoms. The van der Waals surface area contributed by atoms with Crippen molar-refractivity contribution >= 4 is 54.8 Å². The zero-order valence-electron chi connectivity index (χ0n) is 25.1. The molecule has 0 amide bonds. The van der Waals surface area contributed by atoms with Gasteiger partial charge in [-0.25, -0.2) is 9.98 Å². The Morgan fingerprint density at radius 3 is 1.52 bits per heavy atom. The highest BCUT2D eigenvalue weighted by molar-refractivity contribution is 6.18. The van der Waals surface area contributed by atoms with Gasteiger partial charge in [0.05, 0.1) is 0 Å². The highest BCUT2D eigenvalue weighted by atomic mass is 15.2. The van der Waals surface area contributed by atoms with E-state index in [1.165, 1.54) is 54.2 Å². The first-order valence-electron chi connectivity index (χ1n) is 15.7. The summed E-state index contributed by atoms with van der Waals surface area (Å²) < 4.78 is 0. The van der Waals surface area contributed by atoms with Gasteiger partial charge in [-0.2, -0.15) is 0 Å². The fourth-order valence-corrected chi connectivity index (χ4v) is 6.64. The Bertz CT molecular complexity index is 2520. The molecule has 0 saturated heterocycles. The number of amidine groups is 2. The Kier molecular flexibility index (Phi) is 6.20. The zero-order valence-corrected chi connectivity index (χ0v) is 25.1. The molecule has 0 bridgehead atoms. The number of nitrogens with one attached hydrogen (secondary N) is 1. The van der Waals surface area contributed by atoms with Crippen molar-refractivity contribution in [3.05, 3.63) is 180 Å². The normalized spacial score (nSPS) is 14.7. The summed E-state index contributed by atoms with van der Waals surface area (Å²) in [7, 11) is 0. The van der Waals surface area contributed by atoms with Crippen LogP contribution in [0.5, 0.6) is 0 Å². The van der Waals surface area contributed by atoms with Gasteiger partial charge in [0.2, 0.25) is 0 Å². The monoisotopic (exact) mass is 587 g/mol. The quantitative estimate of drug-likeness (QED) is 0.218. The van der Waals surface area contributed by atoms with E-state index in [-0.39, 0.29) is 0 Å². The van der Waals surface area contributed by atoms with Crippen LogP contribution in [0.2, 0.25) is 0 Å². The highest BCUT2D eigenvalue weighted by Crippen LogP contribution is 2.34. The van der Waals surface area contributed by atoms with Crippen molar-refractivity contribution < 1.29 is 0 Å². The van der Waals surface area contributed by atoms with Gasteiger partial charge in [-0.3, -0.25) is 0 Å². The van der Waals surface area contributed by atoms with E-state index in [4.69, 9.17) is 9.98 Å². The Balaban J connectivity index is 1.22. The average Bonchev–Trinajstić information content (AvgIpc) is 3.13. The second kappa shape index (κ2) is 10.8. The average molecular weight is 588 g/mol. The van der Waals surface area contributed by atoms with Gasteiger partial charge in [0.25, 0.3) is 0 Å². The fourth-order valence-electron chi connectivity index (χ4n) is 6.64. The Labute approximate surface area is 267 Å².